The average molecular weight is 489 g/mol. The number of Topliss-reactive ketones (excluding diaryl/α,β-unsaturated/α-hetero) is 1. The molecule has 3 aromatic rings. The zero-order valence-corrected chi connectivity index (χ0v) is 18.7. The lowest BCUT2D eigenvalue weighted by Gasteiger charge is -2.17. The molecule has 1 heterocycles. The Balaban J connectivity index is 1.34. The van der Waals surface area contributed by atoms with Gasteiger partial charge in [-0.25, -0.2) is 0 Å². The molecule has 1 atom stereocenters. The summed E-state index contributed by atoms with van der Waals surface area (Å²) in [6.07, 6.45) is -0.0609. The van der Waals surface area contributed by atoms with Crippen LogP contribution in [0.4, 0.5) is 17.1 Å². The van der Waals surface area contributed by atoms with Crippen molar-refractivity contribution in [3.63, 3.8) is 0 Å². The number of carbonyl (C=O) groups is 3. The Morgan fingerprint density at radius 1 is 0.833 bits per heavy atom. The number of rotatable bonds is 8. The summed E-state index contributed by atoms with van der Waals surface area (Å²) in [5.74, 6) is -2.19. The fourth-order valence-electron chi connectivity index (χ4n) is 3.83. The third-order valence-corrected chi connectivity index (χ3v) is 5.79. The smallest absolute Gasteiger partial charge is 0.311 e. The molecule has 0 radical (unpaired) electrons. The van der Waals surface area contributed by atoms with E-state index in [0.29, 0.717) is 5.69 Å². The van der Waals surface area contributed by atoms with Crippen LogP contribution in [-0.2, 0) is 14.3 Å². The summed E-state index contributed by atoms with van der Waals surface area (Å²) >= 11 is 0. The molecule has 0 aromatic heterocycles. The van der Waals surface area contributed by atoms with Crippen LogP contribution in [0.15, 0.2) is 72.8 Å². The van der Waals surface area contributed by atoms with Crippen LogP contribution in [0.3, 0.4) is 0 Å². The molecule has 11 nitrogen and oxygen atoms in total. The number of anilines is 1. The summed E-state index contributed by atoms with van der Waals surface area (Å²) in [6.45, 7) is -0.439. The topological polar surface area (TPSA) is 150 Å². The Labute approximate surface area is 204 Å². The molecule has 1 aliphatic heterocycles. The van der Waals surface area contributed by atoms with Crippen LogP contribution in [0.25, 0.3) is 11.1 Å². The highest BCUT2D eigenvalue weighted by Gasteiger charge is 2.36. The van der Waals surface area contributed by atoms with Crippen molar-refractivity contribution in [2.75, 3.05) is 18.1 Å². The van der Waals surface area contributed by atoms with Gasteiger partial charge in [-0.3, -0.25) is 34.6 Å². The lowest BCUT2D eigenvalue weighted by Crippen LogP contribution is -2.27. The molecular formula is C25H19N3O8. The molecule has 0 spiro atoms. The monoisotopic (exact) mass is 489 g/mol. The number of hydrogen-bond donors (Lipinski definition) is 0. The zero-order chi connectivity index (χ0) is 25.8. The lowest BCUT2D eigenvalue weighted by atomic mass is 10.0. The number of amides is 1. The van der Waals surface area contributed by atoms with E-state index in [2.05, 4.69) is 0 Å². The number of benzene rings is 3. The van der Waals surface area contributed by atoms with E-state index in [1.165, 1.54) is 41.3 Å². The van der Waals surface area contributed by atoms with E-state index < -0.39 is 34.1 Å². The quantitative estimate of drug-likeness (QED) is 0.200. The molecule has 1 fully saturated rings. The third-order valence-electron chi connectivity index (χ3n) is 5.79. The van der Waals surface area contributed by atoms with Crippen LogP contribution in [0.1, 0.15) is 16.8 Å². The summed E-state index contributed by atoms with van der Waals surface area (Å²) in [5.41, 5.74) is 2.17. The molecule has 0 unspecified atom stereocenters. The maximum absolute atomic E-state index is 12.5. The zero-order valence-electron chi connectivity index (χ0n) is 18.7. The van der Waals surface area contributed by atoms with Gasteiger partial charge in [-0.2, -0.15) is 0 Å². The van der Waals surface area contributed by atoms with Gasteiger partial charge in [0.15, 0.2) is 12.4 Å². The van der Waals surface area contributed by atoms with Crippen LogP contribution in [0.5, 0.6) is 0 Å². The van der Waals surface area contributed by atoms with Gasteiger partial charge in [-0.15, -0.1) is 0 Å². The van der Waals surface area contributed by atoms with E-state index in [1.807, 2.05) is 0 Å². The van der Waals surface area contributed by atoms with E-state index in [0.717, 1.165) is 11.1 Å². The van der Waals surface area contributed by atoms with Gasteiger partial charge in [0.2, 0.25) is 5.91 Å². The predicted octanol–water partition coefficient (Wildman–Crippen LogP) is 3.95. The Morgan fingerprint density at radius 3 is 1.86 bits per heavy atom. The first-order valence-electron chi connectivity index (χ1n) is 10.8. The standard InChI is InChI=1S/C25H19N3O8/c29-23(18-5-11-22(12-6-18)28(34)35)15-36-25(31)19-13-24(30)26(14-19)20-7-1-16(2-8-20)17-3-9-21(10-4-17)27(32)33/h1-12,19H,13-15H2/t19-/m1/s1. The summed E-state index contributed by atoms with van der Waals surface area (Å²) < 4.78 is 5.11. The first kappa shape index (κ1) is 24.2. The normalized spacial score (nSPS) is 14.9. The van der Waals surface area contributed by atoms with Crippen molar-refractivity contribution in [3.8, 4) is 11.1 Å². The molecule has 1 aliphatic rings. The minimum absolute atomic E-state index is 0.00888. The number of carbonyl (C=O) groups excluding carboxylic acids is 3. The maximum Gasteiger partial charge on any atom is 0.311 e. The van der Waals surface area contributed by atoms with E-state index in [1.54, 1.807) is 36.4 Å². The molecular weight excluding hydrogens is 470 g/mol. The van der Waals surface area contributed by atoms with Crippen molar-refractivity contribution in [3.05, 3.63) is 98.6 Å². The number of ketones is 1. The second kappa shape index (κ2) is 10.1. The molecule has 1 saturated heterocycles. The molecule has 1 amide bonds. The summed E-state index contributed by atoms with van der Waals surface area (Å²) in [6, 6.07) is 18.1. The second-order valence-corrected chi connectivity index (χ2v) is 8.09. The van der Waals surface area contributed by atoms with Gasteiger partial charge in [-0.05, 0) is 47.5 Å². The van der Waals surface area contributed by atoms with Crippen molar-refractivity contribution < 1.29 is 29.0 Å². The summed E-state index contributed by atoms with van der Waals surface area (Å²) in [5, 5.41) is 21.5. The fourth-order valence-corrected chi connectivity index (χ4v) is 3.83. The van der Waals surface area contributed by atoms with Crippen molar-refractivity contribution in [1.82, 2.24) is 0 Å². The number of nitro benzene ring substituents is 2. The minimum Gasteiger partial charge on any atom is -0.457 e. The average Bonchev–Trinajstić information content (AvgIpc) is 3.28. The number of nitrogens with zero attached hydrogens (tertiary/aromatic N) is 3. The van der Waals surface area contributed by atoms with E-state index in [4.69, 9.17) is 4.74 Å². The SMILES string of the molecule is O=C(COC(=O)[C@@H]1CC(=O)N(c2ccc(-c3ccc([N+](=O)[O-])cc3)cc2)C1)c1ccc([N+](=O)[O-])cc1. The van der Waals surface area contributed by atoms with Crippen LogP contribution in [0, 0.1) is 26.1 Å². The Morgan fingerprint density at radius 2 is 1.33 bits per heavy atom. The molecule has 0 aliphatic carbocycles. The molecule has 36 heavy (non-hydrogen) atoms. The molecule has 4 rings (SSSR count). The number of esters is 1. The van der Waals surface area contributed by atoms with Crippen LogP contribution in [-0.4, -0.2) is 40.7 Å². The Kier molecular flexibility index (Phi) is 6.81. The van der Waals surface area contributed by atoms with Crippen LogP contribution < -0.4 is 4.90 Å². The third kappa shape index (κ3) is 5.25. The van der Waals surface area contributed by atoms with Gasteiger partial charge in [0.1, 0.15) is 0 Å². The number of non-ortho nitro benzene ring substituents is 2. The van der Waals surface area contributed by atoms with Crippen molar-refractivity contribution in [1.29, 1.82) is 0 Å². The van der Waals surface area contributed by atoms with Crippen molar-refractivity contribution in [2.45, 2.75) is 6.42 Å². The van der Waals surface area contributed by atoms with Gasteiger partial charge < -0.3 is 9.64 Å². The van der Waals surface area contributed by atoms with E-state index in [-0.39, 0.29) is 35.8 Å². The number of hydrogen-bond acceptors (Lipinski definition) is 8. The Bertz CT molecular complexity index is 1340. The molecule has 182 valence electrons. The number of nitro groups is 2. The first-order chi connectivity index (χ1) is 17.2. The number of ether oxygens (including phenoxy) is 1. The molecule has 0 N–H and O–H groups in total. The molecule has 0 bridgehead atoms. The summed E-state index contributed by atoms with van der Waals surface area (Å²) in [7, 11) is 0. The maximum atomic E-state index is 12.5. The van der Waals surface area contributed by atoms with Gasteiger partial charge in [0, 0.05) is 48.5 Å². The van der Waals surface area contributed by atoms with E-state index >= 15 is 0 Å². The minimum atomic E-state index is -0.739. The second-order valence-electron chi connectivity index (χ2n) is 8.09. The van der Waals surface area contributed by atoms with Gasteiger partial charge in [0.25, 0.3) is 11.4 Å². The van der Waals surface area contributed by atoms with E-state index in [9.17, 15) is 34.6 Å². The van der Waals surface area contributed by atoms with Crippen LogP contribution >= 0.6 is 0 Å². The predicted molar refractivity (Wildman–Crippen MR) is 127 cm³/mol. The molecule has 0 saturated carbocycles. The van der Waals surface area contributed by atoms with Crippen molar-refractivity contribution >= 4 is 34.7 Å². The summed E-state index contributed by atoms with van der Waals surface area (Å²) in [4.78, 5) is 59.2. The highest BCUT2D eigenvalue weighted by molar-refractivity contribution is 6.01. The van der Waals surface area contributed by atoms with Gasteiger partial charge in [-0.1, -0.05) is 12.1 Å². The highest BCUT2D eigenvalue weighted by Crippen LogP contribution is 2.29. The van der Waals surface area contributed by atoms with Gasteiger partial charge >= 0.3 is 5.97 Å². The highest BCUT2D eigenvalue weighted by atomic mass is 16.6. The Hall–Kier alpha value is -4.93. The fraction of sp³-hybridized carbons (Fsp3) is 0.160. The first-order valence-corrected chi connectivity index (χ1v) is 10.8. The lowest BCUT2D eigenvalue weighted by molar-refractivity contribution is -0.385. The molecule has 3 aromatic carbocycles. The largest absolute Gasteiger partial charge is 0.457 e. The van der Waals surface area contributed by atoms with Crippen LogP contribution in [0.2, 0.25) is 0 Å². The molecule has 11 heteroatoms. The van der Waals surface area contributed by atoms with Crippen molar-refractivity contribution in [2.24, 2.45) is 5.92 Å². The van der Waals surface area contributed by atoms with Gasteiger partial charge in [0.05, 0.1) is 15.8 Å².